The van der Waals surface area contributed by atoms with Gasteiger partial charge in [0.05, 0.1) is 0 Å². The van der Waals surface area contributed by atoms with Crippen LogP contribution in [0, 0.1) is 13.8 Å². The first-order valence-corrected chi connectivity index (χ1v) is 3.77. The van der Waals surface area contributed by atoms with Crippen molar-refractivity contribution >= 4 is 17.6 Å². The van der Waals surface area contributed by atoms with E-state index >= 15 is 0 Å². The van der Waals surface area contributed by atoms with Crippen molar-refractivity contribution in [2.45, 2.75) is 13.8 Å². The van der Waals surface area contributed by atoms with Gasteiger partial charge in [-0.15, -0.1) is 0 Å². The highest BCUT2D eigenvalue weighted by Crippen LogP contribution is 2.16. The summed E-state index contributed by atoms with van der Waals surface area (Å²) < 4.78 is 0. The number of pyridine rings is 1. The number of rotatable bonds is 1. The number of nitrogens with zero attached hydrogens (tertiary/aromatic N) is 1. The molecule has 0 spiro atoms. The van der Waals surface area contributed by atoms with Crippen molar-refractivity contribution in [2.24, 2.45) is 0 Å². The van der Waals surface area contributed by atoms with Crippen LogP contribution in [0.4, 0.5) is 0 Å². The van der Waals surface area contributed by atoms with Gasteiger partial charge in [0.15, 0.2) is 0 Å². The van der Waals surface area contributed by atoms with Crippen LogP contribution in [-0.2, 0) is 0 Å². The van der Waals surface area contributed by atoms with Crippen LogP contribution in [-0.4, -0.2) is 16.1 Å². The number of halogens is 1. The average molecular weight is 186 g/mol. The van der Waals surface area contributed by atoms with E-state index in [1.54, 1.807) is 13.8 Å². The Morgan fingerprint density at radius 1 is 1.58 bits per heavy atom. The monoisotopic (exact) mass is 185 g/mol. The summed E-state index contributed by atoms with van der Waals surface area (Å²) in [6.45, 7) is 3.60. The molecule has 0 atom stereocenters. The zero-order valence-corrected chi connectivity index (χ0v) is 7.51. The van der Waals surface area contributed by atoms with Crippen molar-refractivity contribution in [1.82, 2.24) is 4.98 Å². The van der Waals surface area contributed by atoms with Gasteiger partial charge in [-0.05, 0) is 31.0 Å². The van der Waals surface area contributed by atoms with E-state index in [-0.39, 0.29) is 10.8 Å². The van der Waals surface area contributed by atoms with Gasteiger partial charge in [0, 0.05) is 0 Å². The smallest absolute Gasteiger partial charge is 0.354 e. The first kappa shape index (κ1) is 9.00. The standard InChI is InChI=1S/C8H8ClNO2/c1-4-3-6(8(11)12)10-7(9)5(4)2/h3H,1-2H3,(H,11,12). The zero-order valence-electron chi connectivity index (χ0n) is 6.76. The molecule has 3 nitrogen and oxygen atoms in total. The van der Waals surface area contributed by atoms with Gasteiger partial charge < -0.3 is 5.11 Å². The highest BCUT2D eigenvalue weighted by atomic mass is 35.5. The minimum absolute atomic E-state index is 0.0110. The number of carboxylic acids is 1. The molecule has 0 aliphatic heterocycles. The van der Waals surface area contributed by atoms with Crippen molar-refractivity contribution in [3.05, 3.63) is 28.0 Å². The Bertz CT molecular complexity index is 313. The fourth-order valence-electron chi connectivity index (χ4n) is 0.807. The Kier molecular flexibility index (Phi) is 2.33. The molecule has 0 aromatic carbocycles. The fraction of sp³-hybridized carbons (Fsp3) is 0.250. The summed E-state index contributed by atoms with van der Waals surface area (Å²) in [5.74, 6) is -1.06. The van der Waals surface area contributed by atoms with E-state index in [1.807, 2.05) is 0 Å². The predicted octanol–water partition coefficient (Wildman–Crippen LogP) is 2.05. The summed E-state index contributed by atoms with van der Waals surface area (Å²) in [6, 6.07) is 1.50. The SMILES string of the molecule is Cc1cc(C(=O)O)nc(Cl)c1C. The molecular formula is C8H8ClNO2. The second-order valence-corrected chi connectivity index (χ2v) is 2.90. The van der Waals surface area contributed by atoms with Crippen molar-refractivity contribution < 1.29 is 9.90 Å². The van der Waals surface area contributed by atoms with Crippen molar-refractivity contribution in [3.8, 4) is 0 Å². The average Bonchev–Trinajstić information content (AvgIpc) is 1.99. The van der Waals surface area contributed by atoms with Crippen LogP contribution in [0.15, 0.2) is 6.07 Å². The Labute approximate surface area is 75.0 Å². The summed E-state index contributed by atoms with van der Waals surface area (Å²) in [5.41, 5.74) is 1.65. The van der Waals surface area contributed by atoms with Crippen LogP contribution in [0.2, 0.25) is 5.15 Å². The molecule has 0 unspecified atom stereocenters. The molecule has 1 heterocycles. The minimum atomic E-state index is -1.06. The third-order valence-corrected chi connectivity index (χ3v) is 2.06. The molecule has 1 rings (SSSR count). The maximum absolute atomic E-state index is 10.5. The third kappa shape index (κ3) is 1.56. The summed E-state index contributed by atoms with van der Waals surface area (Å²) in [4.78, 5) is 14.2. The topological polar surface area (TPSA) is 50.2 Å². The van der Waals surface area contributed by atoms with E-state index in [2.05, 4.69) is 4.98 Å². The molecule has 1 aromatic heterocycles. The number of aryl methyl sites for hydroxylation is 1. The van der Waals surface area contributed by atoms with E-state index in [4.69, 9.17) is 16.7 Å². The van der Waals surface area contributed by atoms with Crippen LogP contribution in [0.25, 0.3) is 0 Å². The molecular weight excluding hydrogens is 178 g/mol. The Hall–Kier alpha value is -1.09. The molecule has 0 saturated carbocycles. The van der Waals surface area contributed by atoms with E-state index in [0.717, 1.165) is 11.1 Å². The molecule has 1 aromatic rings. The fourth-order valence-corrected chi connectivity index (χ4v) is 1.05. The normalized spacial score (nSPS) is 9.92. The Morgan fingerprint density at radius 2 is 2.17 bits per heavy atom. The van der Waals surface area contributed by atoms with E-state index < -0.39 is 5.97 Å². The number of aromatic carboxylic acids is 1. The lowest BCUT2D eigenvalue weighted by atomic mass is 10.1. The molecule has 4 heteroatoms. The quantitative estimate of drug-likeness (QED) is 0.682. The minimum Gasteiger partial charge on any atom is -0.477 e. The number of carboxylic acid groups (broad SMARTS) is 1. The first-order chi connectivity index (χ1) is 5.52. The van der Waals surface area contributed by atoms with Gasteiger partial charge in [-0.3, -0.25) is 0 Å². The van der Waals surface area contributed by atoms with Crippen LogP contribution < -0.4 is 0 Å². The van der Waals surface area contributed by atoms with Gasteiger partial charge in [-0.1, -0.05) is 11.6 Å². The van der Waals surface area contributed by atoms with Crippen LogP contribution in [0.5, 0.6) is 0 Å². The lowest BCUT2D eigenvalue weighted by molar-refractivity contribution is 0.0690. The van der Waals surface area contributed by atoms with E-state index in [0.29, 0.717) is 0 Å². The molecule has 0 saturated heterocycles. The van der Waals surface area contributed by atoms with Crippen molar-refractivity contribution in [1.29, 1.82) is 0 Å². The number of aromatic nitrogens is 1. The molecule has 0 bridgehead atoms. The van der Waals surface area contributed by atoms with Crippen molar-refractivity contribution in [3.63, 3.8) is 0 Å². The molecule has 0 radical (unpaired) electrons. The first-order valence-electron chi connectivity index (χ1n) is 3.39. The third-order valence-electron chi connectivity index (χ3n) is 1.69. The zero-order chi connectivity index (χ0) is 9.30. The number of hydrogen-bond acceptors (Lipinski definition) is 2. The summed E-state index contributed by atoms with van der Waals surface area (Å²) >= 11 is 5.69. The lowest BCUT2D eigenvalue weighted by Crippen LogP contribution is -2.02. The molecule has 12 heavy (non-hydrogen) atoms. The van der Waals surface area contributed by atoms with Gasteiger partial charge in [0.2, 0.25) is 0 Å². The second-order valence-electron chi connectivity index (χ2n) is 2.55. The lowest BCUT2D eigenvalue weighted by Gasteiger charge is -2.02. The largest absolute Gasteiger partial charge is 0.477 e. The molecule has 1 N–H and O–H groups in total. The Morgan fingerprint density at radius 3 is 2.58 bits per heavy atom. The predicted molar refractivity (Wildman–Crippen MR) is 45.7 cm³/mol. The van der Waals surface area contributed by atoms with Crippen LogP contribution in [0.1, 0.15) is 21.6 Å². The molecule has 0 aliphatic rings. The highest BCUT2D eigenvalue weighted by molar-refractivity contribution is 6.30. The Balaban J connectivity index is 3.31. The van der Waals surface area contributed by atoms with E-state index in [1.165, 1.54) is 6.07 Å². The molecule has 0 fully saturated rings. The summed E-state index contributed by atoms with van der Waals surface area (Å²) in [6.07, 6.45) is 0. The van der Waals surface area contributed by atoms with Gasteiger partial charge >= 0.3 is 5.97 Å². The number of carbonyl (C=O) groups is 1. The second kappa shape index (κ2) is 3.11. The van der Waals surface area contributed by atoms with Gasteiger partial charge in [-0.2, -0.15) is 0 Å². The summed E-state index contributed by atoms with van der Waals surface area (Å²) in [5, 5.41) is 8.86. The van der Waals surface area contributed by atoms with Crippen LogP contribution >= 0.6 is 11.6 Å². The highest BCUT2D eigenvalue weighted by Gasteiger charge is 2.08. The maximum atomic E-state index is 10.5. The van der Waals surface area contributed by atoms with Gasteiger partial charge in [0.25, 0.3) is 0 Å². The molecule has 0 aliphatic carbocycles. The molecule has 0 amide bonds. The summed E-state index contributed by atoms with van der Waals surface area (Å²) in [7, 11) is 0. The van der Waals surface area contributed by atoms with E-state index in [9.17, 15) is 4.79 Å². The van der Waals surface area contributed by atoms with Gasteiger partial charge in [0.1, 0.15) is 10.8 Å². The molecule has 64 valence electrons. The van der Waals surface area contributed by atoms with Crippen LogP contribution in [0.3, 0.4) is 0 Å². The number of hydrogen-bond donors (Lipinski definition) is 1. The van der Waals surface area contributed by atoms with Crippen molar-refractivity contribution in [2.75, 3.05) is 0 Å². The maximum Gasteiger partial charge on any atom is 0.354 e. The van der Waals surface area contributed by atoms with Gasteiger partial charge in [-0.25, -0.2) is 9.78 Å².